The predicted octanol–water partition coefficient (Wildman–Crippen LogP) is 2.10. The molecule has 0 saturated heterocycles. The molecule has 2 aromatic carbocycles. The Balaban J connectivity index is 2.23. The number of rotatable bonds is 5. The first-order valence-electron chi connectivity index (χ1n) is 6.55. The summed E-state index contributed by atoms with van der Waals surface area (Å²) in [5.74, 6) is 0. The maximum atomic E-state index is 11.9. The summed E-state index contributed by atoms with van der Waals surface area (Å²) in [6, 6.07) is 12.8. The molecule has 112 valence electrons. The Morgan fingerprint density at radius 1 is 1.14 bits per heavy atom. The fourth-order valence-electron chi connectivity index (χ4n) is 2.00. The van der Waals surface area contributed by atoms with Gasteiger partial charge in [0.1, 0.15) is 0 Å². The number of benzene rings is 2. The van der Waals surface area contributed by atoms with Crippen molar-refractivity contribution in [2.75, 3.05) is 18.1 Å². The average molecular weight is 305 g/mol. The van der Waals surface area contributed by atoms with E-state index in [4.69, 9.17) is 5.73 Å². The number of sulfonamides is 1. The molecule has 0 heterocycles. The van der Waals surface area contributed by atoms with Gasteiger partial charge >= 0.3 is 0 Å². The van der Waals surface area contributed by atoms with Crippen molar-refractivity contribution in [3.63, 3.8) is 0 Å². The van der Waals surface area contributed by atoms with Gasteiger partial charge in [0, 0.05) is 17.9 Å². The van der Waals surface area contributed by atoms with Gasteiger partial charge in [0.25, 0.3) is 0 Å². The number of nitrogens with two attached hydrogens (primary N) is 1. The first kappa shape index (κ1) is 15.3. The van der Waals surface area contributed by atoms with Crippen LogP contribution >= 0.6 is 0 Å². The SMILES string of the molecule is CNS(=O)(=O)c1cc(NCc2ccccc2N)ccc1C. The topological polar surface area (TPSA) is 84.2 Å². The summed E-state index contributed by atoms with van der Waals surface area (Å²) in [6.07, 6.45) is 0. The van der Waals surface area contributed by atoms with Gasteiger partial charge in [0.05, 0.1) is 4.90 Å². The van der Waals surface area contributed by atoms with E-state index in [1.54, 1.807) is 19.1 Å². The number of nitrogen functional groups attached to an aromatic ring is 1. The quantitative estimate of drug-likeness (QED) is 0.739. The summed E-state index contributed by atoms with van der Waals surface area (Å²) in [4.78, 5) is 0.274. The summed E-state index contributed by atoms with van der Waals surface area (Å²) in [5, 5.41) is 3.19. The van der Waals surface area contributed by atoms with Crippen LogP contribution in [0.5, 0.6) is 0 Å². The number of nitrogens with one attached hydrogen (secondary N) is 2. The molecule has 0 amide bonds. The fraction of sp³-hybridized carbons (Fsp3) is 0.200. The number of hydrogen-bond acceptors (Lipinski definition) is 4. The third-order valence-corrected chi connectivity index (χ3v) is 4.84. The van der Waals surface area contributed by atoms with E-state index >= 15 is 0 Å². The normalized spacial score (nSPS) is 11.3. The first-order valence-corrected chi connectivity index (χ1v) is 8.04. The van der Waals surface area contributed by atoms with E-state index in [2.05, 4.69) is 10.0 Å². The third kappa shape index (κ3) is 3.53. The Hall–Kier alpha value is -2.05. The highest BCUT2D eigenvalue weighted by molar-refractivity contribution is 7.89. The van der Waals surface area contributed by atoms with Gasteiger partial charge in [0.15, 0.2) is 0 Å². The molecule has 0 fully saturated rings. The molecule has 0 aliphatic rings. The van der Waals surface area contributed by atoms with Crippen LogP contribution in [0, 0.1) is 6.92 Å². The van der Waals surface area contributed by atoms with Crippen molar-refractivity contribution < 1.29 is 8.42 Å². The molecule has 0 atom stereocenters. The zero-order valence-corrected chi connectivity index (χ0v) is 12.9. The van der Waals surface area contributed by atoms with Crippen LogP contribution < -0.4 is 15.8 Å². The number of hydrogen-bond donors (Lipinski definition) is 3. The van der Waals surface area contributed by atoms with Gasteiger partial charge in [-0.05, 0) is 43.3 Å². The summed E-state index contributed by atoms with van der Waals surface area (Å²) >= 11 is 0. The second kappa shape index (κ2) is 6.15. The fourth-order valence-corrected chi connectivity index (χ4v) is 3.00. The average Bonchev–Trinajstić information content (AvgIpc) is 2.47. The number of aryl methyl sites for hydroxylation is 1. The van der Waals surface area contributed by atoms with Gasteiger partial charge in [-0.2, -0.15) is 0 Å². The van der Waals surface area contributed by atoms with E-state index < -0.39 is 10.0 Å². The maximum Gasteiger partial charge on any atom is 0.240 e. The highest BCUT2D eigenvalue weighted by atomic mass is 32.2. The molecule has 0 aliphatic heterocycles. The molecule has 21 heavy (non-hydrogen) atoms. The molecule has 2 rings (SSSR count). The van der Waals surface area contributed by atoms with E-state index in [0.717, 1.165) is 11.3 Å². The van der Waals surface area contributed by atoms with Crippen molar-refractivity contribution in [2.24, 2.45) is 0 Å². The van der Waals surface area contributed by atoms with Crippen molar-refractivity contribution in [1.29, 1.82) is 0 Å². The van der Waals surface area contributed by atoms with Crippen LogP contribution in [-0.2, 0) is 16.6 Å². The van der Waals surface area contributed by atoms with E-state index in [-0.39, 0.29) is 4.90 Å². The van der Waals surface area contributed by atoms with Crippen LogP contribution in [0.25, 0.3) is 0 Å². The Morgan fingerprint density at radius 3 is 2.52 bits per heavy atom. The van der Waals surface area contributed by atoms with E-state index in [0.29, 0.717) is 17.8 Å². The van der Waals surface area contributed by atoms with Crippen LogP contribution in [-0.4, -0.2) is 15.5 Å². The lowest BCUT2D eigenvalue weighted by atomic mass is 10.1. The molecule has 2 aromatic rings. The maximum absolute atomic E-state index is 11.9. The Kier molecular flexibility index (Phi) is 4.50. The first-order chi connectivity index (χ1) is 9.94. The van der Waals surface area contributed by atoms with E-state index in [9.17, 15) is 8.42 Å². The van der Waals surface area contributed by atoms with Crippen LogP contribution in [0.3, 0.4) is 0 Å². The Labute approximate surface area is 125 Å². The smallest absolute Gasteiger partial charge is 0.240 e. The number of anilines is 2. The molecule has 5 nitrogen and oxygen atoms in total. The predicted molar refractivity (Wildman–Crippen MR) is 85.6 cm³/mol. The molecule has 0 spiro atoms. The second-order valence-corrected chi connectivity index (χ2v) is 6.60. The van der Waals surface area contributed by atoms with Gasteiger partial charge in [-0.1, -0.05) is 24.3 Å². The summed E-state index contributed by atoms with van der Waals surface area (Å²) in [6.45, 7) is 2.30. The van der Waals surface area contributed by atoms with E-state index in [1.807, 2.05) is 30.3 Å². The van der Waals surface area contributed by atoms with Crippen molar-refractivity contribution in [2.45, 2.75) is 18.4 Å². The largest absolute Gasteiger partial charge is 0.398 e. The van der Waals surface area contributed by atoms with E-state index in [1.165, 1.54) is 7.05 Å². The highest BCUT2D eigenvalue weighted by Crippen LogP contribution is 2.21. The minimum absolute atomic E-state index is 0.274. The van der Waals surface area contributed by atoms with Gasteiger partial charge in [0.2, 0.25) is 10.0 Å². The molecule has 4 N–H and O–H groups in total. The highest BCUT2D eigenvalue weighted by Gasteiger charge is 2.14. The Bertz CT molecular complexity index is 742. The molecule has 6 heteroatoms. The van der Waals surface area contributed by atoms with Crippen molar-refractivity contribution in [3.8, 4) is 0 Å². The van der Waals surface area contributed by atoms with Gasteiger partial charge in [-0.15, -0.1) is 0 Å². The van der Waals surface area contributed by atoms with Gasteiger partial charge in [-0.25, -0.2) is 13.1 Å². The van der Waals surface area contributed by atoms with Crippen molar-refractivity contribution >= 4 is 21.4 Å². The van der Waals surface area contributed by atoms with Crippen LogP contribution in [0.4, 0.5) is 11.4 Å². The zero-order chi connectivity index (χ0) is 15.5. The minimum Gasteiger partial charge on any atom is -0.398 e. The molecule has 0 radical (unpaired) electrons. The third-order valence-electron chi connectivity index (χ3n) is 3.28. The van der Waals surface area contributed by atoms with Gasteiger partial charge < -0.3 is 11.1 Å². The molecule has 0 saturated carbocycles. The lowest BCUT2D eigenvalue weighted by Gasteiger charge is -2.12. The lowest BCUT2D eigenvalue weighted by molar-refractivity contribution is 0.587. The van der Waals surface area contributed by atoms with Crippen LogP contribution in [0.15, 0.2) is 47.4 Å². The molecule has 0 aromatic heterocycles. The standard InChI is InChI=1S/C15H19N3O2S/c1-11-7-8-13(9-15(11)21(19,20)17-2)18-10-12-5-3-4-6-14(12)16/h3-9,17-18H,10,16H2,1-2H3. The zero-order valence-electron chi connectivity index (χ0n) is 12.1. The Morgan fingerprint density at radius 2 is 1.86 bits per heavy atom. The summed E-state index contributed by atoms with van der Waals surface area (Å²) in [7, 11) is -2.05. The van der Waals surface area contributed by atoms with Crippen LogP contribution in [0.1, 0.15) is 11.1 Å². The van der Waals surface area contributed by atoms with Crippen LogP contribution in [0.2, 0.25) is 0 Å². The van der Waals surface area contributed by atoms with Gasteiger partial charge in [-0.3, -0.25) is 0 Å². The minimum atomic E-state index is -3.46. The number of para-hydroxylation sites is 1. The molecule has 0 unspecified atom stereocenters. The second-order valence-electron chi connectivity index (χ2n) is 4.74. The van der Waals surface area contributed by atoms with Crippen molar-refractivity contribution in [3.05, 3.63) is 53.6 Å². The molecule has 0 aliphatic carbocycles. The molecular formula is C15H19N3O2S. The lowest BCUT2D eigenvalue weighted by Crippen LogP contribution is -2.19. The summed E-state index contributed by atoms with van der Waals surface area (Å²) in [5.41, 5.74) is 9.00. The molecular weight excluding hydrogens is 286 g/mol. The monoisotopic (exact) mass is 305 g/mol. The summed E-state index contributed by atoms with van der Waals surface area (Å²) < 4.78 is 26.2. The van der Waals surface area contributed by atoms with Crippen molar-refractivity contribution in [1.82, 2.24) is 4.72 Å². The molecule has 0 bridgehead atoms.